The Kier molecular flexibility index (Phi) is 4.50. The number of fused-ring (bicyclic) bond motifs is 1. The molecule has 3 rings (SSSR count). The Labute approximate surface area is 139 Å². The highest BCUT2D eigenvalue weighted by Gasteiger charge is 2.21. The number of nitrogens with one attached hydrogen (secondary N) is 1. The predicted octanol–water partition coefficient (Wildman–Crippen LogP) is 4.53. The molecular formula is C17H16N6O. The summed E-state index contributed by atoms with van der Waals surface area (Å²) in [7, 11) is 1.59. The first-order valence-corrected chi connectivity index (χ1v) is 7.69. The number of ether oxygens (including phenoxy) is 1. The molecule has 0 radical (unpaired) electrons. The second-order valence-electron chi connectivity index (χ2n) is 5.48. The van der Waals surface area contributed by atoms with E-state index < -0.39 is 0 Å². The van der Waals surface area contributed by atoms with Gasteiger partial charge in [0.2, 0.25) is 0 Å². The minimum atomic E-state index is 0.358. The first-order chi connectivity index (χ1) is 11.8. The van der Waals surface area contributed by atoms with Gasteiger partial charge in [-0.3, -0.25) is 0 Å². The molecule has 1 aromatic carbocycles. The number of azide groups is 1. The van der Waals surface area contributed by atoms with Crippen molar-refractivity contribution in [3.63, 3.8) is 0 Å². The van der Waals surface area contributed by atoms with E-state index in [0.29, 0.717) is 22.9 Å². The molecule has 0 fully saturated rings. The van der Waals surface area contributed by atoms with Gasteiger partial charge in [0.15, 0.2) is 0 Å². The van der Waals surface area contributed by atoms with E-state index in [-0.39, 0.29) is 0 Å². The first-order valence-electron chi connectivity index (χ1n) is 7.69. The van der Waals surface area contributed by atoms with Gasteiger partial charge in [-0.15, -0.1) is 0 Å². The third-order valence-electron chi connectivity index (χ3n) is 4.08. The summed E-state index contributed by atoms with van der Waals surface area (Å²) in [4.78, 5) is 7.28. The maximum atomic E-state index is 9.62. The first kappa shape index (κ1) is 15.7. The number of aromatic nitrogens is 1. The number of anilines is 2. The number of hydrogen-bond donors (Lipinski definition) is 1. The van der Waals surface area contributed by atoms with Gasteiger partial charge in [0.25, 0.3) is 0 Å². The van der Waals surface area contributed by atoms with Crippen LogP contribution < -0.4 is 10.1 Å². The molecule has 2 aromatic rings. The Hall–Kier alpha value is -3.23. The van der Waals surface area contributed by atoms with Crippen molar-refractivity contribution in [3.05, 3.63) is 51.4 Å². The monoisotopic (exact) mass is 320 g/mol. The lowest BCUT2D eigenvalue weighted by Gasteiger charge is -2.21. The number of pyridine rings is 1. The molecule has 0 saturated carbocycles. The van der Waals surface area contributed by atoms with Gasteiger partial charge in [0, 0.05) is 16.7 Å². The highest BCUT2D eigenvalue weighted by atomic mass is 16.5. The van der Waals surface area contributed by atoms with Crippen molar-refractivity contribution in [1.82, 2.24) is 4.98 Å². The van der Waals surface area contributed by atoms with Crippen LogP contribution in [0.15, 0.2) is 29.4 Å². The minimum Gasteiger partial charge on any atom is -0.497 e. The summed E-state index contributed by atoms with van der Waals surface area (Å²) < 4.78 is 5.21. The van der Waals surface area contributed by atoms with Crippen LogP contribution in [0.5, 0.6) is 5.75 Å². The van der Waals surface area contributed by atoms with Gasteiger partial charge in [-0.1, -0.05) is 6.07 Å². The predicted molar refractivity (Wildman–Crippen MR) is 90.7 cm³/mol. The summed E-state index contributed by atoms with van der Waals surface area (Å²) in [5.74, 6) is 1.47. The second kappa shape index (κ2) is 6.90. The van der Waals surface area contributed by atoms with Gasteiger partial charge in [0.05, 0.1) is 12.7 Å². The van der Waals surface area contributed by atoms with E-state index in [1.807, 2.05) is 24.3 Å². The van der Waals surface area contributed by atoms with Crippen molar-refractivity contribution in [1.29, 1.82) is 5.26 Å². The summed E-state index contributed by atoms with van der Waals surface area (Å²) in [6.45, 7) is 0. The van der Waals surface area contributed by atoms with Crippen LogP contribution in [0.25, 0.3) is 10.4 Å². The topological polar surface area (TPSA) is 107 Å². The van der Waals surface area contributed by atoms with Crippen molar-refractivity contribution in [3.8, 4) is 11.8 Å². The van der Waals surface area contributed by atoms with Crippen LogP contribution in [0, 0.1) is 11.3 Å². The second-order valence-corrected chi connectivity index (χ2v) is 5.48. The van der Waals surface area contributed by atoms with E-state index in [0.717, 1.165) is 42.5 Å². The lowest BCUT2D eigenvalue weighted by Crippen LogP contribution is -2.10. The molecule has 1 heterocycles. The average molecular weight is 320 g/mol. The van der Waals surface area contributed by atoms with Crippen LogP contribution in [0.2, 0.25) is 0 Å². The lowest BCUT2D eigenvalue weighted by atomic mass is 9.89. The third-order valence-corrected chi connectivity index (χ3v) is 4.08. The summed E-state index contributed by atoms with van der Waals surface area (Å²) in [5.41, 5.74) is 11.9. The van der Waals surface area contributed by atoms with Crippen molar-refractivity contribution >= 4 is 17.3 Å². The Morgan fingerprint density at radius 1 is 1.33 bits per heavy atom. The third kappa shape index (κ3) is 2.96. The molecule has 0 unspecified atom stereocenters. The standard InChI is InChI=1S/C17H16N6O/c1-24-12-6-4-5-11(9-12)20-16-15(10-18)13-7-2-3-8-14(13)17(21-16)22-23-19/h4-6,9H,2-3,7-8H2,1H3,(H,20,21). The normalized spacial score (nSPS) is 12.5. The van der Waals surface area contributed by atoms with Gasteiger partial charge in [-0.05, 0) is 59.6 Å². The van der Waals surface area contributed by atoms with E-state index in [2.05, 4.69) is 26.4 Å². The molecule has 1 aromatic heterocycles. The zero-order chi connectivity index (χ0) is 16.9. The SMILES string of the molecule is COc1cccc(Nc2nc(N=[N+]=[N-])c3c(c2C#N)CCCC3)c1. The van der Waals surface area contributed by atoms with E-state index in [9.17, 15) is 5.26 Å². The van der Waals surface area contributed by atoms with Crippen LogP contribution in [-0.2, 0) is 12.8 Å². The van der Waals surface area contributed by atoms with Gasteiger partial charge in [-0.25, -0.2) is 4.98 Å². The van der Waals surface area contributed by atoms with E-state index in [1.165, 1.54) is 0 Å². The largest absolute Gasteiger partial charge is 0.497 e. The molecular weight excluding hydrogens is 304 g/mol. The zero-order valence-electron chi connectivity index (χ0n) is 13.3. The van der Waals surface area contributed by atoms with Crippen LogP contribution in [-0.4, -0.2) is 12.1 Å². The molecule has 0 aliphatic heterocycles. The molecule has 0 saturated heterocycles. The van der Waals surface area contributed by atoms with Gasteiger partial charge in [0.1, 0.15) is 23.5 Å². The summed E-state index contributed by atoms with van der Waals surface area (Å²) in [6.07, 6.45) is 3.60. The number of methoxy groups -OCH3 is 1. The highest BCUT2D eigenvalue weighted by molar-refractivity contribution is 5.70. The average Bonchev–Trinajstić information content (AvgIpc) is 2.62. The molecule has 120 valence electrons. The Morgan fingerprint density at radius 2 is 2.12 bits per heavy atom. The number of nitriles is 1. The molecule has 24 heavy (non-hydrogen) atoms. The Balaban J connectivity index is 2.11. The molecule has 0 atom stereocenters. The Morgan fingerprint density at radius 3 is 2.83 bits per heavy atom. The van der Waals surface area contributed by atoms with Gasteiger partial charge < -0.3 is 10.1 Å². The molecule has 7 heteroatoms. The fraction of sp³-hybridized carbons (Fsp3) is 0.294. The lowest BCUT2D eigenvalue weighted by molar-refractivity contribution is 0.415. The molecule has 0 bridgehead atoms. The maximum Gasteiger partial charge on any atom is 0.149 e. The maximum absolute atomic E-state index is 9.62. The molecule has 1 aliphatic carbocycles. The van der Waals surface area contributed by atoms with E-state index in [1.54, 1.807) is 7.11 Å². The van der Waals surface area contributed by atoms with Gasteiger partial charge >= 0.3 is 0 Å². The Bertz CT molecular complexity index is 864. The molecule has 1 aliphatic rings. The fourth-order valence-corrected chi connectivity index (χ4v) is 2.97. The van der Waals surface area contributed by atoms with Crippen LogP contribution in [0.1, 0.15) is 29.5 Å². The van der Waals surface area contributed by atoms with Crippen molar-refractivity contribution < 1.29 is 4.74 Å². The van der Waals surface area contributed by atoms with Gasteiger partial charge in [-0.2, -0.15) is 5.26 Å². The number of rotatable bonds is 4. The molecule has 1 N–H and O–H groups in total. The highest BCUT2D eigenvalue weighted by Crippen LogP contribution is 2.35. The number of benzene rings is 1. The molecule has 7 nitrogen and oxygen atoms in total. The van der Waals surface area contributed by atoms with Crippen LogP contribution in [0.3, 0.4) is 0 Å². The van der Waals surface area contributed by atoms with Crippen LogP contribution in [0.4, 0.5) is 17.3 Å². The molecule has 0 spiro atoms. The number of hydrogen-bond acceptors (Lipinski definition) is 5. The van der Waals surface area contributed by atoms with E-state index in [4.69, 9.17) is 10.3 Å². The number of nitrogens with zero attached hydrogens (tertiary/aromatic N) is 5. The summed E-state index contributed by atoms with van der Waals surface area (Å²) in [5, 5.41) is 16.5. The smallest absolute Gasteiger partial charge is 0.149 e. The summed E-state index contributed by atoms with van der Waals surface area (Å²) >= 11 is 0. The van der Waals surface area contributed by atoms with Crippen molar-refractivity contribution in [2.45, 2.75) is 25.7 Å². The van der Waals surface area contributed by atoms with Crippen molar-refractivity contribution in [2.75, 3.05) is 12.4 Å². The van der Waals surface area contributed by atoms with E-state index >= 15 is 0 Å². The van der Waals surface area contributed by atoms with Crippen molar-refractivity contribution in [2.24, 2.45) is 5.11 Å². The zero-order valence-corrected chi connectivity index (χ0v) is 13.3. The quantitative estimate of drug-likeness (QED) is 0.507. The van der Waals surface area contributed by atoms with Crippen LogP contribution >= 0.6 is 0 Å². The fourth-order valence-electron chi connectivity index (χ4n) is 2.97. The minimum absolute atomic E-state index is 0.358. The summed E-state index contributed by atoms with van der Waals surface area (Å²) in [6, 6.07) is 9.61. The molecule has 0 amide bonds.